The smallest absolute Gasteiger partial charge is 0.338 e. The van der Waals surface area contributed by atoms with Gasteiger partial charge in [0.05, 0.1) is 17.4 Å². The number of carbonyl (C=O) groups is 2. The second-order valence-electron chi connectivity index (χ2n) is 9.83. The zero-order chi connectivity index (χ0) is 24.0. The van der Waals surface area contributed by atoms with E-state index in [2.05, 4.69) is 38.4 Å². The quantitative estimate of drug-likeness (QED) is 0.519. The van der Waals surface area contributed by atoms with E-state index in [1.807, 2.05) is 23.1 Å². The van der Waals surface area contributed by atoms with E-state index in [9.17, 15) is 9.59 Å². The van der Waals surface area contributed by atoms with Crippen LogP contribution in [-0.4, -0.2) is 68.1 Å². The minimum absolute atomic E-state index is 0.0310. The lowest BCUT2D eigenvalue weighted by Crippen LogP contribution is -2.42. The maximum atomic E-state index is 12.9. The van der Waals surface area contributed by atoms with Gasteiger partial charge in [0.25, 0.3) is 0 Å². The molecule has 2 aromatic heterocycles. The van der Waals surface area contributed by atoms with Crippen molar-refractivity contribution in [3.63, 3.8) is 0 Å². The maximum absolute atomic E-state index is 12.9. The standard InChI is InChI=1S/C25H27N7O3/c1-17-18(2-4-20-21(17)14-35-24(20)34)6-9-30-10-7-25(8-11-30)12-23(33)31(15-25)19-3-5-22(26-13-19)32-16-27-28-29-32/h2-5,13,16H,6-12,14-15H2,1H3. The van der Waals surface area contributed by atoms with Gasteiger partial charge >= 0.3 is 5.97 Å². The molecule has 0 bridgehead atoms. The summed E-state index contributed by atoms with van der Waals surface area (Å²) in [6.07, 6.45) is 6.78. The number of tetrazole rings is 1. The third-order valence-electron chi connectivity index (χ3n) is 7.84. The average Bonchev–Trinajstić information content (AvgIpc) is 3.61. The van der Waals surface area contributed by atoms with Crippen molar-refractivity contribution in [2.45, 2.75) is 39.2 Å². The van der Waals surface area contributed by atoms with Crippen molar-refractivity contribution in [1.82, 2.24) is 30.1 Å². The summed E-state index contributed by atoms with van der Waals surface area (Å²) in [7, 11) is 0. The number of anilines is 1. The summed E-state index contributed by atoms with van der Waals surface area (Å²) in [4.78, 5) is 33.5. The highest BCUT2D eigenvalue weighted by Gasteiger charge is 2.45. The molecule has 6 rings (SSSR count). The number of esters is 1. The Morgan fingerprint density at radius 1 is 1.11 bits per heavy atom. The Morgan fingerprint density at radius 2 is 1.97 bits per heavy atom. The number of hydrogen-bond acceptors (Lipinski definition) is 8. The molecule has 10 heteroatoms. The van der Waals surface area contributed by atoms with Crippen LogP contribution in [0.25, 0.3) is 5.82 Å². The molecule has 35 heavy (non-hydrogen) atoms. The molecule has 1 amide bonds. The van der Waals surface area contributed by atoms with Gasteiger partial charge < -0.3 is 14.5 Å². The fourth-order valence-corrected chi connectivity index (χ4v) is 5.60. The molecule has 180 valence electrons. The predicted molar refractivity (Wildman–Crippen MR) is 126 cm³/mol. The predicted octanol–water partition coefficient (Wildman–Crippen LogP) is 2.10. The van der Waals surface area contributed by atoms with Crippen molar-refractivity contribution in [2.75, 3.05) is 31.1 Å². The first kappa shape index (κ1) is 21.8. The van der Waals surface area contributed by atoms with Crippen molar-refractivity contribution in [1.29, 1.82) is 0 Å². The Balaban J connectivity index is 1.06. The molecule has 0 atom stereocenters. The number of aromatic nitrogens is 5. The largest absolute Gasteiger partial charge is 0.457 e. The molecule has 0 radical (unpaired) electrons. The number of amides is 1. The van der Waals surface area contributed by atoms with Gasteiger partial charge in [0.1, 0.15) is 12.9 Å². The molecule has 3 aliphatic rings. The maximum Gasteiger partial charge on any atom is 0.338 e. The monoisotopic (exact) mass is 473 g/mol. The highest BCUT2D eigenvalue weighted by molar-refractivity contribution is 5.96. The number of piperidine rings is 1. The Labute approximate surface area is 202 Å². The zero-order valence-electron chi connectivity index (χ0n) is 19.7. The molecule has 0 aliphatic carbocycles. The topological polar surface area (TPSA) is 106 Å². The Bertz CT molecular complexity index is 1260. The van der Waals surface area contributed by atoms with Crippen LogP contribution in [0.4, 0.5) is 5.69 Å². The summed E-state index contributed by atoms with van der Waals surface area (Å²) in [6, 6.07) is 7.71. The van der Waals surface area contributed by atoms with E-state index in [0.717, 1.165) is 56.7 Å². The molecule has 5 heterocycles. The number of cyclic esters (lactones) is 1. The molecule has 2 saturated heterocycles. The van der Waals surface area contributed by atoms with Gasteiger partial charge in [-0.25, -0.2) is 9.78 Å². The Hall–Kier alpha value is -3.66. The number of benzene rings is 1. The van der Waals surface area contributed by atoms with Crippen LogP contribution in [0.2, 0.25) is 0 Å². The molecule has 0 unspecified atom stereocenters. The average molecular weight is 474 g/mol. The molecule has 2 fully saturated rings. The van der Waals surface area contributed by atoms with Crippen LogP contribution in [0.1, 0.15) is 46.3 Å². The first-order valence-electron chi connectivity index (χ1n) is 12.0. The second-order valence-corrected chi connectivity index (χ2v) is 9.83. The van der Waals surface area contributed by atoms with Crippen molar-refractivity contribution < 1.29 is 14.3 Å². The van der Waals surface area contributed by atoms with E-state index in [-0.39, 0.29) is 17.3 Å². The summed E-state index contributed by atoms with van der Waals surface area (Å²) in [5.74, 6) is 0.572. The van der Waals surface area contributed by atoms with Gasteiger partial charge in [0, 0.05) is 25.1 Å². The summed E-state index contributed by atoms with van der Waals surface area (Å²) in [5.41, 5.74) is 5.06. The van der Waals surface area contributed by atoms with Crippen LogP contribution < -0.4 is 4.90 Å². The normalized spacial score (nSPS) is 19.4. The SMILES string of the molecule is Cc1c(CCN2CCC3(CC2)CC(=O)N(c2ccc(-n4cnnn4)nc2)C3)ccc2c1COC2=O. The summed E-state index contributed by atoms with van der Waals surface area (Å²) >= 11 is 0. The van der Waals surface area contributed by atoms with Crippen LogP contribution in [0.15, 0.2) is 36.8 Å². The van der Waals surface area contributed by atoms with E-state index in [1.165, 1.54) is 22.1 Å². The lowest BCUT2D eigenvalue weighted by molar-refractivity contribution is -0.118. The number of rotatable bonds is 5. The highest BCUT2D eigenvalue weighted by atomic mass is 16.5. The molecule has 3 aliphatic heterocycles. The van der Waals surface area contributed by atoms with Gasteiger partial charge in [0.2, 0.25) is 5.91 Å². The van der Waals surface area contributed by atoms with Gasteiger partial charge in [0.15, 0.2) is 5.82 Å². The number of fused-ring (bicyclic) bond motifs is 1. The van der Waals surface area contributed by atoms with E-state index >= 15 is 0 Å². The number of hydrogen-bond donors (Lipinski definition) is 0. The van der Waals surface area contributed by atoms with E-state index in [0.29, 0.717) is 24.4 Å². The molecule has 0 N–H and O–H groups in total. The highest BCUT2D eigenvalue weighted by Crippen LogP contribution is 2.42. The van der Waals surface area contributed by atoms with Gasteiger partial charge in [-0.1, -0.05) is 6.07 Å². The van der Waals surface area contributed by atoms with Gasteiger partial charge in [-0.15, -0.1) is 5.10 Å². The summed E-state index contributed by atoms with van der Waals surface area (Å²) < 4.78 is 6.68. The fraction of sp³-hybridized carbons (Fsp3) is 0.440. The lowest BCUT2D eigenvalue weighted by Gasteiger charge is -2.38. The minimum Gasteiger partial charge on any atom is -0.457 e. The number of carbonyl (C=O) groups excluding carboxylic acids is 2. The fourth-order valence-electron chi connectivity index (χ4n) is 5.60. The first-order chi connectivity index (χ1) is 17.0. The summed E-state index contributed by atoms with van der Waals surface area (Å²) in [6.45, 7) is 6.17. The van der Waals surface area contributed by atoms with Gasteiger partial charge in [-0.05, 0) is 84.4 Å². The molecule has 1 spiro atoms. The van der Waals surface area contributed by atoms with E-state index in [4.69, 9.17) is 4.74 Å². The van der Waals surface area contributed by atoms with Crippen LogP contribution in [-0.2, 0) is 22.6 Å². The lowest BCUT2D eigenvalue weighted by atomic mass is 9.77. The number of ether oxygens (including phenoxy) is 1. The van der Waals surface area contributed by atoms with Crippen LogP contribution >= 0.6 is 0 Å². The summed E-state index contributed by atoms with van der Waals surface area (Å²) in [5, 5.41) is 11.1. The number of likely N-dealkylation sites (tertiary alicyclic amines) is 1. The van der Waals surface area contributed by atoms with Crippen molar-refractivity contribution in [2.24, 2.45) is 5.41 Å². The van der Waals surface area contributed by atoms with Crippen molar-refractivity contribution >= 4 is 17.6 Å². The third kappa shape index (κ3) is 3.97. The molecule has 1 aromatic carbocycles. The first-order valence-corrected chi connectivity index (χ1v) is 12.0. The minimum atomic E-state index is -0.213. The van der Waals surface area contributed by atoms with Crippen molar-refractivity contribution in [3.8, 4) is 5.82 Å². The van der Waals surface area contributed by atoms with Gasteiger partial charge in [-0.2, -0.15) is 4.68 Å². The molecular formula is C25H27N7O3. The third-order valence-corrected chi connectivity index (χ3v) is 7.84. The number of nitrogens with zero attached hydrogens (tertiary/aromatic N) is 7. The molecular weight excluding hydrogens is 446 g/mol. The molecule has 10 nitrogen and oxygen atoms in total. The van der Waals surface area contributed by atoms with E-state index in [1.54, 1.807) is 6.20 Å². The van der Waals surface area contributed by atoms with Gasteiger partial charge in [-0.3, -0.25) is 4.79 Å². The van der Waals surface area contributed by atoms with E-state index < -0.39 is 0 Å². The second kappa shape index (κ2) is 8.53. The molecule has 0 saturated carbocycles. The Morgan fingerprint density at radius 3 is 2.71 bits per heavy atom. The Kier molecular flexibility index (Phi) is 5.32. The zero-order valence-corrected chi connectivity index (χ0v) is 19.7. The number of pyridine rings is 1. The van der Waals surface area contributed by atoms with Crippen LogP contribution in [0.3, 0.4) is 0 Å². The van der Waals surface area contributed by atoms with Crippen molar-refractivity contribution in [3.05, 3.63) is 59.0 Å². The van der Waals surface area contributed by atoms with Crippen LogP contribution in [0.5, 0.6) is 0 Å². The molecule has 3 aromatic rings. The van der Waals surface area contributed by atoms with Crippen LogP contribution in [0, 0.1) is 12.3 Å².